The van der Waals surface area contributed by atoms with Crippen LogP contribution in [0.4, 0.5) is 0 Å². The highest BCUT2D eigenvalue weighted by molar-refractivity contribution is 8.07. The summed E-state index contributed by atoms with van der Waals surface area (Å²) in [7, 11) is 0. The molecule has 18 heavy (non-hydrogen) atoms. The minimum atomic E-state index is -0.309. The summed E-state index contributed by atoms with van der Waals surface area (Å²) in [5.74, 6) is 1.17. The lowest BCUT2D eigenvalue weighted by Gasteiger charge is -2.30. The molecule has 1 N–H and O–H groups in total. The third kappa shape index (κ3) is 2.47. The van der Waals surface area contributed by atoms with E-state index >= 15 is 0 Å². The molecular weight excluding hydrogens is 282 g/mol. The molecule has 4 unspecified atom stereocenters. The summed E-state index contributed by atoms with van der Waals surface area (Å²) >= 11 is 5.96. The van der Waals surface area contributed by atoms with Crippen molar-refractivity contribution >= 4 is 34.9 Å². The van der Waals surface area contributed by atoms with Crippen molar-refractivity contribution in [2.24, 2.45) is 0 Å². The van der Waals surface area contributed by atoms with Crippen molar-refractivity contribution in [3.63, 3.8) is 0 Å². The Kier molecular flexibility index (Phi) is 3.95. The second-order valence-corrected chi connectivity index (χ2v) is 9.25. The molecule has 2 heterocycles. The molecular formula is C13H19NOS3. The predicted octanol–water partition coefficient (Wildman–Crippen LogP) is 3.81. The Balaban J connectivity index is 1.81. The van der Waals surface area contributed by atoms with Gasteiger partial charge in [-0.15, -0.1) is 23.1 Å². The van der Waals surface area contributed by atoms with Crippen molar-refractivity contribution in [2.45, 2.75) is 55.0 Å². The maximum atomic E-state index is 10.00. The first-order valence-corrected chi connectivity index (χ1v) is 9.40. The Morgan fingerprint density at radius 3 is 2.83 bits per heavy atom. The number of thioether (sulfide) groups is 2. The molecule has 1 aromatic heterocycles. The molecule has 0 bridgehead atoms. The Morgan fingerprint density at radius 2 is 2.11 bits per heavy atom. The molecule has 0 aromatic carbocycles. The second kappa shape index (κ2) is 5.35. The Bertz CT molecular complexity index is 434. The van der Waals surface area contributed by atoms with E-state index in [9.17, 15) is 5.11 Å². The van der Waals surface area contributed by atoms with Gasteiger partial charge in [0.25, 0.3) is 0 Å². The summed E-state index contributed by atoms with van der Waals surface area (Å²) in [5.41, 5.74) is 0.984. The highest BCUT2D eigenvalue weighted by Gasteiger charge is 2.31. The van der Waals surface area contributed by atoms with Crippen LogP contribution in [0.3, 0.4) is 0 Å². The summed E-state index contributed by atoms with van der Waals surface area (Å²) in [6.07, 6.45) is 2.79. The van der Waals surface area contributed by atoms with Crippen LogP contribution in [0.1, 0.15) is 53.6 Å². The zero-order valence-corrected chi connectivity index (χ0v) is 13.2. The van der Waals surface area contributed by atoms with E-state index in [-0.39, 0.29) is 6.10 Å². The summed E-state index contributed by atoms with van der Waals surface area (Å²) in [6, 6.07) is 0. The number of aliphatic hydroxyl groups excluding tert-OH is 1. The van der Waals surface area contributed by atoms with E-state index in [1.807, 2.05) is 11.3 Å². The first kappa shape index (κ1) is 13.3. The van der Waals surface area contributed by atoms with Gasteiger partial charge in [0.15, 0.2) is 0 Å². The van der Waals surface area contributed by atoms with Gasteiger partial charge in [-0.25, -0.2) is 4.98 Å². The molecule has 1 fully saturated rings. The monoisotopic (exact) mass is 301 g/mol. The quantitative estimate of drug-likeness (QED) is 0.855. The molecule has 2 aliphatic rings. The zero-order chi connectivity index (χ0) is 12.7. The largest absolute Gasteiger partial charge is 0.387 e. The lowest BCUT2D eigenvalue weighted by molar-refractivity contribution is 0.153. The van der Waals surface area contributed by atoms with E-state index in [0.29, 0.717) is 10.5 Å². The lowest BCUT2D eigenvalue weighted by atomic mass is 10.0. The number of aryl methyl sites for hydroxylation is 1. The van der Waals surface area contributed by atoms with Crippen LogP contribution in [0.25, 0.3) is 0 Å². The molecule has 1 aliphatic heterocycles. The van der Waals surface area contributed by atoms with Crippen LogP contribution in [0.15, 0.2) is 0 Å². The van der Waals surface area contributed by atoms with Gasteiger partial charge < -0.3 is 5.11 Å². The van der Waals surface area contributed by atoms with Crippen molar-refractivity contribution in [3.05, 3.63) is 15.6 Å². The molecule has 0 amide bonds. The maximum Gasteiger partial charge on any atom is 0.107 e. The Morgan fingerprint density at radius 1 is 1.28 bits per heavy atom. The van der Waals surface area contributed by atoms with Crippen LogP contribution < -0.4 is 0 Å². The zero-order valence-electron chi connectivity index (χ0n) is 10.8. The van der Waals surface area contributed by atoms with E-state index < -0.39 is 0 Å². The molecule has 100 valence electrons. The van der Waals surface area contributed by atoms with Gasteiger partial charge in [0.05, 0.1) is 17.0 Å². The van der Waals surface area contributed by atoms with Gasteiger partial charge in [-0.3, -0.25) is 0 Å². The SMILES string of the molecule is CC1SCC(c2nc3c(s2)CCCC3O)SC1C. The van der Waals surface area contributed by atoms with Crippen LogP contribution >= 0.6 is 34.9 Å². The summed E-state index contributed by atoms with van der Waals surface area (Å²) in [6.45, 7) is 4.63. The number of thiazole rings is 1. The summed E-state index contributed by atoms with van der Waals surface area (Å²) in [5, 5.41) is 13.2. The van der Waals surface area contributed by atoms with Gasteiger partial charge in [-0.1, -0.05) is 13.8 Å². The highest BCUT2D eigenvalue weighted by Crippen LogP contribution is 2.47. The molecule has 0 spiro atoms. The summed E-state index contributed by atoms with van der Waals surface area (Å²) < 4.78 is 0. The molecule has 2 nitrogen and oxygen atoms in total. The number of aromatic nitrogens is 1. The fourth-order valence-electron chi connectivity index (χ4n) is 2.47. The first-order valence-electron chi connectivity index (χ1n) is 6.59. The van der Waals surface area contributed by atoms with Crippen LogP contribution in [-0.4, -0.2) is 26.3 Å². The molecule has 0 saturated carbocycles. The van der Waals surface area contributed by atoms with Gasteiger partial charge in [0.1, 0.15) is 5.01 Å². The average Bonchev–Trinajstić information content (AvgIpc) is 2.78. The van der Waals surface area contributed by atoms with Gasteiger partial charge in [-0.2, -0.15) is 11.8 Å². The highest BCUT2D eigenvalue weighted by atomic mass is 32.2. The van der Waals surface area contributed by atoms with Crippen LogP contribution in [0, 0.1) is 0 Å². The van der Waals surface area contributed by atoms with Gasteiger partial charge in [-0.05, 0) is 19.3 Å². The smallest absolute Gasteiger partial charge is 0.107 e. The normalized spacial score (nSPS) is 36.4. The van der Waals surface area contributed by atoms with Crippen molar-refractivity contribution in [3.8, 4) is 0 Å². The number of fused-ring (bicyclic) bond motifs is 1. The number of hydrogen-bond acceptors (Lipinski definition) is 5. The molecule has 5 heteroatoms. The number of aliphatic hydroxyl groups is 1. The molecule has 1 aromatic rings. The third-order valence-corrected chi connectivity index (χ3v) is 8.56. The molecule has 4 atom stereocenters. The topological polar surface area (TPSA) is 33.1 Å². The van der Waals surface area contributed by atoms with Crippen molar-refractivity contribution in [2.75, 3.05) is 5.75 Å². The fraction of sp³-hybridized carbons (Fsp3) is 0.769. The first-order chi connectivity index (χ1) is 8.65. The Hall–Kier alpha value is 0.290. The van der Waals surface area contributed by atoms with Gasteiger partial charge >= 0.3 is 0 Å². The molecule has 1 aliphatic carbocycles. The van der Waals surface area contributed by atoms with Crippen LogP contribution in [0.2, 0.25) is 0 Å². The molecule has 1 saturated heterocycles. The lowest BCUT2D eigenvalue weighted by Crippen LogP contribution is -2.21. The average molecular weight is 302 g/mol. The van der Waals surface area contributed by atoms with Crippen molar-refractivity contribution in [1.29, 1.82) is 0 Å². The van der Waals surface area contributed by atoms with Crippen LogP contribution in [-0.2, 0) is 6.42 Å². The fourth-order valence-corrected chi connectivity index (χ4v) is 6.82. The standard InChI is InChI=1S/C13H19NOS3/c1-7-8(2)17-11(6-16-7)13-14-12-9(15)4-3-5-10(12)18-13/h7-9,11,15H,3-6H2,1-2H3. The van der Waals surface area contributed by atoms with E-state index in [0.717, 1.165) is 30.2 Å². The maximum absolute atomic E-state index is 10.00. The second-order valence-electron chi connectivity index (χ2n) is 5.14. The number of hydrogen-bond donors (Lipinski definition) is 1. The third-order valence-electron chi connectivity index (χ3n) is 3.77. The van der Waals surface area contributed by atoms with Crippen molar-refractivity contribution in [1.82, 2.24) is 4.98 Å². The van der Waals surface area contributed by atoms with Crippen LogP contribution in [0.5, 0.6) is 0 Å². The van der Waals surface area contributed by atoms with Crippen molar-refractivity contribution < 1.29 is 5.11 Å². The number of nitrogens with zero attached hydrogens (tertiary/aromatic N) is 1. The molecule has 3 rings (SSSR count). The van der Waals surface area contributed by atoms with E-state index in [4.69, 9.17) is 4.98 Å². The van der Waals surface area contributed by atoms with E-state index in [1.54, 1.807) is 0 Å². The van der Waals surface area contributed by atoms with Gasteiger partial charge in [0, 0.05) is 21.1 Å². The van der Waals surface area contributed by atoms with Gasteiger partial charge in [0.2, 0.25) is 0 Å². The predicted molar refractivity (Wildman–Crippen MR) is 81.7 cm³/mol. The molecule has 0 radical (unpaired) electrons. The summed E-state index contributed by atoms with van der Waals surface area (Å²) in [4.78, 5) is 6.08. The minimum absolute atomic E-state index is 0.309. The van der Waals surface area contributed by atoms with E-state index in [2.05, 4.69) is 37.4 Å². The van der Waals surface area contributed by atoms with E-state index in [1.165, 1.54) is 15.6 Å². The minimum Gasteiger partial charge on any atom is -0.387 e. The number of rotatable bonds is 1. The Labute approximate surface area is 121 Å².